The van der Waals surface area contributed by atoms with Gasteiger partial charge in [-0.2, -0.15) is 0 Å². The lowest BCUT2D eigenvalue weighted by atomic mass is 10.2. The summed E-state index contributed by atoms with van der Waals surface area (Å²) in [6, 6.07) is 9.63. The number of carbonyl (C=O) groups is 1. The van der Waals surface area contributed by atoms with Crippen LogP contribution in [0.1, 0.15) is 10.5 Å². The topological polar surface area (TPSA) is 59.3 Å². The number of imidazole rings is 1. The van der Waals surface area contributed by atoms with Crippen LogP contribution in [-0.2, 0) is 0 Å². The Kier molecular flexibility index (Phi) is 3.55. The molecule has 118 valence electrons. The number of rotatable bonds is 3. The van der Waals surface area contributed by atoms with Gasteiger partial charge in [-0.15, -0.1) is 11.3 Å². The minimum Gasteiger partial charge on any atom is -0.319 e. The fraction of sp³-hybridized carbons (Fsp3) is 0. The summed E-state index contributed by atoms with van der Waals surface area (Å²) in [6.07, 6.45) is 5.00. The highest BCUT2D eigenvalue weighted by Crippen LogP contribution is 2.24. The first kappa shape index (κ1) is 14.5. The zero-order valence-electron chi connectivity index (χ0n) is 12.3. The maximum absolute atomic E-state index is 13.0. The Morgan fingerprint density at radius 2 is 2.04 bits per heavy atom. The Morgan fingerprint density at radius 3 is 2.79 bits per heavy atom. The third-order valence-corrected chi connectivity index (χ3v) is 4.34. The molecule has 0 aliphatic rings. The van der Waals surface area contributed by atoms with Crippen molar-refractivity contribution in [3.63, 3.8) is 0 Å². The molecule has 0 radical (unpaired) electrons. The van der Waals surface area contributed by atoms with Crippen LogP contribution in [0.4, 0.5) is 10.1 Å². The quantitative estimate of drug-likeness (QED) is 0.617. The summed E-state index contributed by atoms with van der Waals surface area (Å²) < 4.78 is 14.8. The molecule has 5 nitrogen and oxygen atoms in total. The summed E-state index contributed by atoms with van der Waals surface area (Å²) in [5.41, 5.74) is 2.60. The number of halogens is 1. The molecule has 0 saturated carbocycles. The molecule has 0 atom stereocenters. The maximum atomic E-state index is 13.0. The lowest BCUT2D eigenvalue weighted by molar-refractivity contribution is 0.102. The van der Waals surface area contributed by atoms with Gasteiger partial charge in [0.15, 0.2) is 4.96 Å². The third-order valence-electron chi connectivity index (χ3n) is 3.50. The summed E-state index contributed by atoms with van der Waals surface area (Å²) in [6.45, 7) is 0. The van der Waals surface area contributed by atoms with E-state index in [9.17, 15) is 9.18 Å². The molecule has 24 heavy (non-hydrogen) atoms. The average Bonchev–Trinajstić information content (AvgIpc) is 3.17. The van der Waals surface area contributed by atoms with Crippen molar-refractivity contribution in [3.8, 4) is 11.3 Å². The summed E-state index contributed by atoms with van der Waals surface area (Å²) in [5.74, 6) is -0.534. The van der Waals surface area contributed by atoms with Gasteiger partial charge in [-0.1, -0.05) is 0 Å². The molecule has 1 N–H and O–H groups in total. The second-order valence-corrected chi connectivity index (χ2v) is 5.94. The standard InChI is InChI=1S/C17H11FN4OS/c18-12-5-3-11(4-6-12)14-9-22-15(10-24-17(22)21-14)16(23)20-13-2-1-7-19-8-13/h1-10H,(H,20,23). The van der Waals surface area contributed by atoms with E-state index in [0.717, 1.165) is 5.56 Å². The van der Waals surface area contributed by atoms with Gasteiger partial charge < -0.3 is 5.32 Å². The summed E-state index contributed by atoms with van der Waals surface area (Å²) in [5, 5.41) is 4.55. The van der Waals surface area contributed by atoms with Gasteiger partial charge in [0.1, 0.15) is 11.5 Å². The first-order valence-corrected chi connectivity index (χ1v) is 8.02. The highest BCUT2D eigenvalue weighted by Gasteiger charge is 2.15. The molecule has 1 amide bonds. The molecular formula is C17H11FN4OS. The van der Waals surface area contributed by atoms with Crippen LogP contribution in [0.25, 0.3) is 16.2 Å². The molecule has 4 rings (SSSR count). The number of benzene rings is 1. The van der Waals surface area contributed by atoms with E-state index >= 15 is 0 Å². The zero-order chi connectivity index (χ0) is 16.5. The monoisotopic (exact) mass is 338 g/mol. The largest absolute Gasteiger partial charge is 0.319 e. The van der Waals surface area contributed by atoms with Gasteiger partial charge in [0.25, 0.3) is 5.91 Å². The first-order chi connectivity index (χ1) is 11.7. The number of hydrogen-bond acceptors (Lipinski definition) is 4. The Hall–Kier alpha value is -3.06. The van der Waals surface area contributed by atoms with Crippen molar-refractivity contribution in [1.82, 2.24) is 14.4 Å². The molecule has 7 heteroatoms. The molecule has 3 aromatic heterocycles. The number of fused-ring (bicyclic) bond motifs is 1. The minimum absolute atomic E-state index is 0.239. The van der Waals surface area contributed by atoms with Crippen molar-refractivity contribution in [2.24, 2.45) is 0 Å². The van der Waals surface area contributed by atoms with E-state index in [4.69, 9.17) is 0 Å². The molecule has 0 aliphatic heterocycles. The molecule has 0 aliphatic carbocycles. The van der Waals surface area contributed by atoms with Crippen LogP contribution in [0.15, 0.2) is 60.4 Å². The minimum atomic E-state index is -0.295. The number of aromatic nitrogens is 3. The van der Waals surface area contributed by atoms with Crippen molar-refractivity contribution < 1.29 is 9.18 Å². The van der Waals surface area contributed by atoms with Crippen molar-refractivity contribution in [3.05, 3.63) is 71.9 Å². The molecule has 0 unspecified atom stereocenters. The predicted octanol–water partition coefficient (Wildman–Crippen LogP) is 3.85. The van der Waals surface area contributed by atoms with Crippen LogP contribution < -0.4 is 5.32 Å². The lowest BCUT2D eigenvalue weighted by Gasteiger charge is -2.03. The first-order valence-electron chi connectivity index (χ1n) is 7.14. The van der Waals surface area contributed by atoms with Crippen molar-refractivity contribution >= 4 is 27.9 Å². The number of amides is 1. The average molecular weight is 338 g/mol. The predicted molar refractivity (Wildman–Crippen MR) is 90.7 cm³/mol. The highest BCUT2D eigenvalue weighted by atomic mass is 32.1. The van der Waals surface area contributed by atoms with E-state index in [1.807, 2.05) is 0 Å². The van der Waals surface area contributed by atoms with E-state index in [0.29, 0.717) is 22.0 Å². The normalized spacial score (nSPS) is 10.9. The molecule has 3 heterocycles. The van der Waals surface area contributed by atoms with E-state index in [1.54, 1.807) is 52.6 Å². The lowest BCUT2D eigenvalue weighted by Crippen LogP contribution is -2.13. The Balaban J connectivity index is 1.67. The second-order valence-electron chi connectivity index (χ2n) is 5.10. The van der Waals surface area contributed by atoms with Crippen molar-refractivity contribution in [1.29, 1.82) is 0 Å². The van der Waals surface area contributed by atoms with Crippen LogP contribution >= 0.6 is 11.3 Å². The van der Waals surface area contributed by atoms with E-state index in [1.165, 1.54) is 23.5 Å². The third kappa shape index (κ3) is 2.65. The Morgan fingerprint density at radius 1 is 1.21 bits per heavy atom. The number of nitrogens with one attached hydrogen (secondary N) is 1. The highest BCUT2D eigenvalue weighted by molar-refractivity contribution is 7.15. The fourth-order valence-electron chi connectivity index (χ4n) is 2.34. The molecular weight excluding hydrogens is 327 g/mol. The Bertz CT molecular complexity index is 1010. The van der Waals surface area contributed by atoms with Crippen LogP contribution in [0.2, 0.25) is 0 Å². The maximum Gasteiger partial charge on any atom is 0.273 e. The number of nitrogens with zero attached hydrogens (tertiary/aromatic N) is 3. The molecule has 0 spiro atoms. The smallest absolute Gasteiger partial charge is 0.273 e. The van der Waals surface area contributed by atoms with Crippen LogP contribution in [0, 0.1) is 5.82 Å². The van der Waals surface area contributed by atoms with Crippen molar-refractivity contribution in [2.45, 2.75) is 0 Å². The number of pyridine rings is 1. The van der Waals surface area contributed by atoms with Crippen LogP contribution in [0.5, 0.6) is 0 Å². The van der Waals surface area contributed by atoms with Crippen LogP contribution in [0.3, 0.4) is 0 Å². The van der Waals surface area contributed by atoms with Crippen molar-refractivity contribution in [2.75, 3.05) is 5.32 Å². The number of carbonyl (C=O) groups excluding carboxylic acids is 1. The molecule has 0 saturated heterocycles. The molecule has 0 fully saturated rings. The fourth-order valence-corrected chi connectivity index (χ4v) is 3.19. The van der Waals surface area contributed by atoms with Gasteiger partial charge in [0, 0.05) is 23.3 Å². The Labute approximate surface area is 140 Å². The summed E-state index contributed by atoms with van der Waals surface area (Å²) in [4.78, 5) is 21.6. The summed E-state index contributed by atoms with van der Waals surface area (Å²) >= 11 is 1.37. The zero-order valence-corrected chi connectivity index (χ0v) is 13.1. The number of thiazole rings is 1. The molecule has 4 aromatic rings. The second kappa shape index (κ2) is 5.86. The van der Waals surface area contributed by atoms with Gasteiger partial charge in [0.2, 0.25) is 0 Å². The van der Waals surface area contributed by atoms with Gasteiger partial charge in [-0.3, -0.25) is 14.2 Å². The molecule has 1 aromatic carbocycles. The van der Waals surface area contributed by atoms with Gasteiger partial charge >= 0.3 is 0 Å². The number of hydrogen-bond donors (Lipinski definition) is 1. The van der Waals surface area contributed by atoms with E-state index < -0.39 is 0 Å². The summed E-state index contributed by atoms with van der Waals surface area (Å²) in [7, 11) is 0. The van der Waals surface area contributed by atoms with E-state index in [-0.39, 0.29) is 11.7 Å². The van der Waals surface area contributed by atoms with Gasteiger partial charge in [0.05, 0.1) is 17.6 Å². The van der Waals surface area contributed by atoms with Gasteiger partial charge in [-0.05, 0) is 36.4 Å². The molecule has 0 bridgehead atoms. The SMILES string of the molecule is O=C(Nc1cccnc1)c1csc2nc(-c3ccc(F)cc3)cn12. The van der Waals surface area contributed by atoms with Crippen LogP contribution in [-0.4, -0.2) is 20.3 Å². The van der Waals surface area contributed by atoms with E-state index in [2.05, 4.69) is 15.3 Å². The number of anilines is 1. The van der Waals surface area contributed by atoms with Gasteiger partial charge in [-0.25, -0.2) is 9.37 Å².